The van der Waals surface area contributed by atoms with Gasteiger partial charge in [0.2, 0.25) is 0 Å². The second-order valence-electron chi connectivity index (χ2n) is 2.91. The average molecular weight is 296 g/mol. The van der Waals surface area contributed by atoms with Gasteiger partial charge in [0.1, 0.15) is 6.04 Å². The van der Waals surface area contributed by atoms with Crippen LogP contribution in [0.3, 0.4) is 0 Å². The highest BCUT2D eigenvalue weighted by Crippen LogP contribution is 2.21. The van der Waals surface area contributed by atoms with Gasteiger partial charge in [-0.2, -0.15) is 0 Å². The van der Waals surface area contributed by atoms with Crippen LogP contribution in [0.2, 0.25) is 0 Å². The Labute approximate surface area is 132 Å². The second kappa shape index (κ2) is 16.6. The second-order valence-corrected chi connectivity index (χ2v) is 2.91. The van der Waals surface area contributed by atoms with E-state index in [-0.39, 0.29) is 18.6 Å². The van der Waals surface area contributed by atoms with Gasteiger partial charge >= 0.3 is 0 Å². The number of carbonyl (C=O) groups excluding carboxylic acids is 2. The van der Waals surface area contributed by atoms with Crippen molar-refractivity contribution in [2.24, 2.45) is 0 Å². The number of hydrogen-bond acceptors (Lipinski definition) is 3. The van der Waals surface area contributed by atoms with Crippen LogP contribution in [0.5, 0.6) is 0 Å². The molecule has 1 N–H and O–H groups in total. The molecule has 1 aromatic rings. The van der Waals surface area contributed by atoms with Crippen LogP contribution in [0.15, 0.2) is 24.3 Å². The number of benzene rings is 1. The molecule has 0 radical (unpaired) electrons. The van der Waals surface area contributed by atoms with Gasteiger partial charge in [0.25, 0.3) is 0 Å². The summed E-state index contributed by atoms with van der Waals surface area (Å²) in [7, 11) is -0.129. The van der Waals surface area contributed by atoms with E-state index in [0.717, 1.165) is 0 Å². The maximum absolute atomic E-state index is 11.6. The molecule has 0 aliphatic heterocycles. The Morgan fingerprint density at radius 3 is 1.43 bits per heavy atom. The molecule has 0 bridgehead atoms. The summed E-state index contributed by atoms with van der Waals surface area (Å²) < 4.78 is 6.94. The minimum absolute atomic E-state index is 0.129. The lowest BCUT2D eigenvalue weighted by atomic mass is 10.1. The number of hydrogen-bond donors (Lipinski definition) is 1. The van der Waals surface area contributed by atoms with Crippen LogP contribution in [0.1, 0.15) is 77.5 Å². The summed E-state index contributed by atoms with van der Waals surface area (Å²) in [4.78, 5) is 23.3. The topological polar surface area (TPSA) is 46.2 Å². The van der Waals surface area contributed by atoms with Gasteiger partial charge in [-0.25, -0.2) is 0 Å². The molecule has 3 nitrogen and oxygen atoms in total. The van der Waals surface area contributed by atoms with E-state index in [9.17, 15) is 9.59 Å². The Kier molecular flexibility index (Phi) is 17.2. The third-order valence-electron chi connectivity index (χ3n) is 2.19. The largest absolute Gasteiger partial charge is 0.304 e. The van der Waals surface area contributed by atoms with Crippen molar-refractivity contribution in [1.29, 1.82) is 0 Å². The van der Waals surface area contributed by atoms with Crippen molar-refractivity contribution in [2.75, 3.05) is 7.02 Å². The molecule has 3 heteroatoms. The van der Waals surface area contributed by atoms with Gasteiger partial charge in [0, 0.05) is 12.5 Å². The molecule has 1 aromatic carbocycles. The fraction of sp³-hybridized carbons (Fsp3) is 0.556. The lowest BCUT2D eigenvalue weighted by Crippen LogP contribution is -2.35. The molecule has 0 unspecified atom stereocenters. The molecule has 0 heterocycles. The van der Waals surface area contributed by atoms with E-state index >= 15 is 0 Å². The molecule has 122 valence electrons. The number of nitrogens with one attached hydrogen (secondary N) is 1. The lowest BCUT2D eigenvalue weighted by molar-refractivity contribution is 0.0874. The molecule has 0 aromatic heterocycles. The third-order valence-corrected chi connectivity index (χ3v) is 2.19. The molecule has 0 saturated carbocycles. The van der Waals surface area contributed by atoms with Gasteiger partial charge in [0.05, 0.1) is 0 Å². The van der Waals surface area contributed by atoms with Crippen LogP contribution in [0.4, 0.5) is 0 Å². The summed E-state index contributed by atoms with van der Waals surface area (Å²) in [6, 6.07) is 5.90. The van der Waals surface area contributed by atoms with E-state index < -0.39 is 6.04 Å². The highest BCUT2D eigenvalue weighted by atomic mass is 16.2. The summed E-state index contributed by atoms with van der Waals surface area (Å²) in [6.45, 7) is 16.0. The van der Waals surface area contributed by atoms with Crippen molar-refractivity contribution in [2.45, 2.75) is 61.4 Å². The van der Waals surface area contributed by atoms with Crippen LogP contribution < -0.4 is 5.32 Å². The Bertz CT molecular complexity index is 371. The monoisotopic (exact) mass is 296 g/mol. The standard InChI is InChI=1S/C10H9NO2.4C2H6/c1-11-8-9(12)6-4-2-3-5-7(6)10(8)13;4*1-2/h2-5,8,11H,1H3;4*1-2H3/i1D;;;;. The Hall–Kier alpha value is -1.48. The third kappa shape index (κ3) is 6.67. The first-order chi connectivity index (χ1) is 10.8. The summed E-state index contributed by atoms with van der Waals surface area (Å²) in [6.07, 6.45) is 0. The summed E-state index contributed by atoms with van der Waals surface area (Å²) in [5.41, 5.74) is 0.923. The van der Waals surface area contributed by atoms with E-state index in [2.05, 4.69) is 5.32 Å². The van der Waals surface area contributed by atoms with Gasteiger partial charge in [-0.15, -0.1) is 0 Å². The minimum Gasteiger partial charge on any atom is -0.304 e. The molecule has 0 saturated heterocycles. The van der Waals surface area contributed by atoms with Crippen molar-refractivity contribution in [3.63, 3.8) is 0 Å². The van der Waals surface area contributed by atoms with Gasteiger partial charge in [-0.05, 0) is 7.02 Å². The maximum atomic E-state index is 11.6. The SMILES string of the molecule is CC.CC.CC.CC.[2H]CNC1C(=O)c2ccccc2C1=O. The summed E-state index contributed by atoms with van der Waals surface area (Å²) in [5, 5.41) is 2.56. The molecular weight excluding hydrogens is 262 g/mol. The van der Waals surface area contributed by atoms with Crippen molar-refractivity contribution in [1.82, 2.24) is 5.32 Å². The van der Waals surface area contributed by atoms with E-state index in [1.165, 1.54) is 0 Å². The van der Waals surface area contributed by atoms with Crippen LogP contribution in [0.25, 0.3) is 0 Å². The first kappa shape index (κ1) is 21.8. The predicted molar refractivity (Wildman–Crippen MR) is 93.3 cm³/mol. The number of ketones is 2. The van der Waals surface area contributed by atoms with E-state index in [1.807, 2.05) is 55.4 Å². The zero-order valence-electron chi connectivity index (χ0n) is 15.9. The van der Waals surface area contributed by atoms with Gasteiger partial charge in [-0.1, -0.05) is 79.7 Å². The summed E-state index contributed by atoms with van der Waals surface area (Å²) in [5.74, 6) is -0.448. The van der Waals surface area contributed by atoms with Crippen molar-refractivity contribution in [3.8, 4) is 0 Å². The lowest BCUT2D eigenvalue weighted by Gasteiger charge is -2.01. The van der Waals surface area contributed by atoms with Gasteiger partial charge in [-0.3, -0.25) is 9.59 Å². The molecule has 0 amide bonds. The fourth-order valence-corrected chi connectivity index (χ4v) is 1.53. The zero-order chi connectivity index (χ0) is 18.1. The molecule has 1 aliphatic rings. The zero-order valence-corrected chi connectivity index (χ0v) is 14.9. The predicted octanol–water partition coefficient (Wildman–Crippen LogP) is 4.76. The normalized spacial score (nSPS) is 11.9. The number of Topliss-reactive ketones (excluding diaryl/α,β-unsaturated/α-hetero) is 2. The van der Waals surface area contributed by atoms with E-state index in [1.54, 1.807) is 24.3 Å². The number of rotatable bonds is 1. The Morgan fingerprint density at radius 2 is 1.14 bits per heavy atom. The highest BCUT2D eigenvalue weighted by Gasteiger charge is 2.36. The fourth-order valence-electron chi connectivity index (χ4n) is 1.53. The first-order valence-electron chi connectivity index (χ1n) is 8.66. The minimum atomic E-state index is -0.843. The molecule has 21 heavy (non-hydrogen) atoms. The first-order valence-corrected chi connectivity index (χ1v) is 7.96. The highest BCUT2D eigenvalue weighted by molar-refractivity contribution is 6.29. The number of likely N-dealkylation sites (N-methyl/N-ethyl adjacent to an activating group) is 1. The van der Waals surface area contributed by atoms with Gasteiger partial charge in [0.15, 0.2) is 11.6 Å². The Morgan fingerprint density at radius 1 is 0.810 bits per heavy atom. The van der Waals surface area contributed by atoms with Gasteiger partial charge < -0.3 is 5.32 Å². The molecule has 0 fully saturated rings. The van der Waals surface area contributed by atoms with Crippen LogP contribution in [0, 0.1) is 0 Å². The molecule has 2 rings (SSSR count). The molecule has 0 spiro atoms. The van der Waals surface area contributed by atoms with Crippen molar-refractivity contribution >= 4 is 11.6 Å². The average Bonchev–Trinajstić information content (AvgIpc) is 2.88. The van der Waals surface area contributed by atoms with Crippen LogP contribution in [-0.4, -0.2) is 24.6 Å². The smallest absolute Gasteiger partial charge is 0.188 e. The summed E-state index contributed by atoms with van der Waals surface area (Å²) >= 11 is 0. The van der Waals surface area contributed by atoms with Crippen LogP contribution in [-0.2, 0) is 0 Å². The van der Waals surface area contributed by atoms with Crippen LogP contribution >= 0.6 is 0 Å². The van der Waals surface area contributed by atoms with Crippen molar-refractivity contribution in [3.05, 3.63) is 35.4 Å². The number of fused-ring (bicyclic) bond motifs is 1. The van der Waals surface area contributed by atoms with E-state index in [4.69, 9.17) is 1.37 Å². The van der Waals surface area contributed by atoms with Crippen molar-refractivity contribution < 1.29 is 11.0 Å². The molecule has 1 aliphatic carbocycles. The molecule has 0 atom stereocenters. The molecular formula is C18H33NO2. The number of carbonyl (C=O) groups is 2. The quantitative estimate of drug-likeness (QED) is 0.760. The Balaban J connectivity index is -0.000000394. The maximum Gasteiger partial charge on any atom is 0.188 e. The van der Waals surface area contributed by atoms with E-state index in [0.29, 0.717) is 11.1 Å².